The molecule has 100 valence electrons. The van der Waals surface area contributed by atoms with Crippen LogP contribution in [0.2, 0.25) is 0 Å². The summed E-state index contributed by atoms with van der Waals surface area (Å²) in [5.74, 6) is 0.826. The van der Waals surface area contributed by atoms with Gasteiger partial charge in [0.15, 0.2) is 0 Å². The van der Waals surface area contributed by atoms with Gasteiger partial charge in [0.1, 0.15) is 5.82 Å². The van der Waals surface area contributed by atoms with E-state index < -0.39 is 0 Å². The molecule has 0 bridgehead atoms. The van der Waals surface area contributed by atoms with Gasteiger partial charge in [0.05, 0.1) is 25.7 Å². The highest BCUT2D eigenvalue weighted by Gasteiger charge is 2.20. The summed E-state index contributed by atoms with van der Waals surface area (Å²) in [6.07, 6.45) is 4.33. The third-order valence-corrected chi connectivity index (χ3v) is 3.21. The fraction of sp³-hybridized carbons (Fsp3) is 0.692. The van der Waals surface area contributed by atoms with E-state index in [1.807, 2.05) is 20.0 Å². The number of aryl methyl sites for hydroxylation is 2. The molecule has 0 aliphatic carbocycles. The number of rotatable bonds is 6. The molecule has 1 fully saturated rings. The number of esters is 1. The maximum Gasteiger partial charge on any atom is 0.306 e. The van der Waals surface area contributed by atoms with Gasteiger partial charge in [-0.25, -0.2) is 4.98 Å². The van der Waals surface area contributed by atoms with Gasteiger partial charge in [0, 0.05) is 18.5 Å². The molecule has 0 aromatic carbocycles. The van der Waals surface area contributed by atoms with Crippen LogP contribution in [0.1, 0.15) is 31.3 Å². The Kier molecular flexibility index (Phi) is 4.36. The Balaban J connectivity index is 1.92. The minimum Gasteiger partial charge on any atom is -0.466 e. The molecular weight excluding hydrogens is 232 g/mol. The van der Waals surface area contributed by atoms with Gasteiger partial charge in [-0.05, 0) is 26.7 Å². The molecule has 2 rings (SSSR count). The molecule has 0 unspecified atom stereocenters. The van der Waals surface area contributed by atoms with Crippen LogP contribution in [0.15, 0.2) is 6.20 Å². The number of imidazole rings is 1. The fourth-order valence-corrected chi connectivity index (χ4v) is 2.06. The first-order valence-electron chi connectivity index (χ1n) is 6.49. The SMILES string of the molecule is CCOC(=O)CCc1cnc(C)n1C[C@@H]1CCO1. The second-order valence-corrected chi connectivity index (χ2v) is 4.49. The topological polar surface area (TPSA) is 53.3 Å². The number of ether oxygens (including phenoxy) is 2. The summed E-state index contributed by atoms with van der Waals surface area (Å²) >= 11 is 0. The average molecular weight is 252 g/mol. The molecule has 1 saturated heterocycles. The lowest BCUT2D eigenvalue weighted by molar-refractivity contribution is -0.143. The van der Waals surface area contributed by atoms with Gasteiger partial charge in [-0.2, -0.15) is 0 Å². The zero-order chi connectivity index (χ0) is 13.0. The summed E-state index contributed by atoms with van der Waals surface area (Å²) in [5.41, 5.74) is 1.08. The van der Waals surface area contributed by atoms with Crippen molar-refractivity contribution in [3.8, 4) is 0 Å². The van der Waals surface area contributed by atoms with Gasteiger partial charge in [-0.15, -0.1) is 0 Å². The van der Waals surface area contributed by atoms with Crippen molar-refractivity contribution in [2.75, 3.05) is 13.2 Å². The van der Waals surface area contributed by atoms with Crippen molar-refractivity contribution in [1.29, 1.82) is 0 Å². The number of aromatic nitrogens is 2. The van der Waals surface area contributed by atoms with Crippen LogP contribution < -0.4 is 0 Å². The van der Waals surface area contributed by atoms with Gasteiger partial charge >= 0.3 is 5.97 Å². The third-order valence-electron chi connectivity index (χ3n) is 3.21. The molecule has 2 heterocycles. The smallest absolute Gasteiger partial charge is 0.306 e. The van der Waals surface area contributed by atoms with Crippen LogP contribution >= 0.6 is 0 Å². The molecule has 0 spiro atoms. The maximum atomic E-state index is 11.3. The summed E-state index contributed by atoms with van der Waals surface area (Å²) < 4.78 is 12.5. The Morgan fingerprint density at radius 2 is 2.44 bits per heavy atom. The van der Waals surface area contributed by atoms with Crippen LogP contribution in [-0.4, -0.2) is 34.8 Å². The Labute approximate surface area is 107 Å². The first kappa shape index (κ1) is 13.1. The van der Waals surface area contributed by atoms with Crippen LogP contribution in [0.5, 0.6) is 0 Å². The lowest BCUT2D eigenvalue weighted by Crippen LogP contribution is -2.32. The molecule has 0 N–H and O–H groups in total. The molecule has 5 nitrogen and oxygen atoms in total. The van der Waals surface area contributed by atoms with Crippen molar-refractivity contribution in [2.45, 2.75) is 45.8 Å². The quantitative estimate of drug-likeness (QED) is 0.720. The van der Waals surface area contributed by atoms with E-state index in [0.29, 0.717) is 25.6 Å². The lowest BCUT2D eigenvalue weighted by atomic mass is 10.2. The summed E-state index contributed by atoms with van der Waals surface area (Å²) in [4.78, 5) is 15.7. The van der Waals surface area contributed by atoms with Crippen molar-refractivity contribution in [3.05, 3.63) is 17.7 Å². The molecule has 0 amide bonds. The highest BCUT2D eigenvalue weighted by Crippen LogP contribution is 2.17. The van der Waals surface area contributed by atoms with Crippen molar-refractivity contribution in [1.82, 2.24) is 9.55 Å². The van der Waals surface area contributed by atoms with E-state index in [0.717, 1.165) is 31.1 Å². The molecule has 5 heteroatoms. The fourth-order valence-electron chi connectivity index (χ4n) is 2.06. The molecule has 1 aromatic rings. The van der Waals surface area contributed by atoms with Crippen LogP contribution in [0.4, 0.5) is 0 Å². The molecule has 1 aliphatic heterocycles. The molecular formula is C13H20N2O3. The highest BCUT2D eigenvalue weighted by atomic mass is 16.5. The maximum absolute atomic E-state index is 11.3. The highest BCUT2D eigenvalue weighted by molar-refractivity contribution is 5.69. The average Bonchev–Trinajstić information content (AvgIpc) is 2.63. The molecule has 1 aliphatic rings. The van der Waals surface area contributed by atoms with E-state index in [4.69, 9.17) is 9.47 Å². The predicted molar refractivity (Wildman–Crippen MR) is 66.3 cm³/mol. The number of hydrogen-bond donors (Lipinski definition) is 0. The van der Waals surface area contributed by atoms with Crippen molar-refractivity contribution >= 4 is 5.97 Å². The van der Waals surface area contributed by atoms with E-state index in [-0.39, 0.29) is 5.97 Å². The van der Waals surface area contributed by atoms with Gasteiger partial charge in [-0.3, -0.25) is 4.79 Å². The van der Waals surface area contributed by atoms with Gasteiger partial charge in [-0.1, -0.05) is 0 Å². The van der Waals surface area contributed by atoms with E-state index in [1.54, 1.807) is 0 Å². The Morgan fingerprint density at radius 3 is 3.06 bits per heavy atom. The minimum absolute atomic E-state index is 0.150. The Morgan fingerprint density at radius 1 is 1.67 bits per heavy atom. The number of nitrogens with zero attached hydrogens (tertiary/aromatic N) is 2. The van der Waals surface area contributed by atoms with E-state index >= 15 is 0 Å². The van der Waals surface area contributed by atoms with Gasteiger partial charge < -0.3 is 14.0 Å². The first-order valence-corrected chi connectivity index (χ1v) is 6.49. The van der Waals surface area contributed by atoms with Gasteiger partial charge in [0.25, 0.3) is 0 Å². The van der Waals surface area contributed by atoms with Gasteiger partial charge in [0.2, 0.25) is 0 Å². The molecule has 0 saturated carbocycles. The monoisotopic (exact) mass is 252 g/mol. The van der Waals surface area contributed by atoms with Crippen LogP contribution in [0.3, 0.4) is 0 Å². The van der Waals surface area contributed by atoms with Crippen molar-refractivity contribution < 1.29 is 14.3 Å². The Bertz CT molecular complexity index is 410. The summed E-state index contributed by atoms with van der Waals surface area (Å²) in [6.45, 7) is 5.93. The summed E-state index contributed by atoms with van der Waals surface area (Å²) in [7, 11) is 0. The predicted octanol–water partition coefficient (Wildman–Crippen LogP) is 1.48. The standard InChI is InChI=1S/C13H20N2O3/c1-3-17-13(16)5-4-11-8-14-10(2)15(11)9-12-6-7-18-12/h8,12H,3-7,9H2,1-2H3/t12-/m0/s1. The molecule has 0 radical (unpaired) electrons. The number of carbonyl (C=O) groups excluding carboxylic acids is 1. The molecule has 18 heavy (non-hydrogen) atoms. The second-order valence-electron chi connectivity index (χ2n) is 4.49. The number of hydrogen-bond acceptors (Lipinski definition) is 4. The normalized spacial score (nSPS) is 18.4. The van der Waals surface area contributed by atoms with Crippen molar-refractivity contribution in [3.63, 3.8) is 0 Å². The lowest BCUT2D eigenvalue weighted by Gasteiger charge is -2.27. The van der Waals surface area contributed by atoms with E-state index in [9.17, 15) is 4.79 Å². The van der Waals surface area contributed by atoms with Crippen molar-refractivity contribution in [2.24, 2.45) is 0 Å². The van der Waals surface area contributed by atoms with Crippen LogP contribution in [-0.2, 0) is 27.2 Å². The zero-order valence-electron chi connectivity index (χ0n) is 11.0. The second kappa shape index (κ2) is 6.00. The van der Waals surface area contributed by atoms with Crippen LogP contribution in [0, 0.1) is 6.92 Å². The summed E-state index contributed by atoms with van der Waals surface area (Å²) in [6, 6.07) is 0. The number of carbonyl (C=O) groups is 1. The Hall–Kier alpha value is -1.36. The van der Waals surface area contributed by atoms with E-state index in [1.165, 1.54) is 0 Å². The molecule has 1 atom stereocenters. The third kappa shape index (κ3) is 3.10. The van der Waals surface area contributed by atoms with Crippen LogP contribution in [0.25, 0.3) is 0 Å². The van der Waals surface area contributed by atoms with E-state index in [2.05, 4.69) is 9.55 Å². The summed E-state index contributed by atoms with van der Waals surface area (Å²) in [5, 5.41) is 0. The molecule has 1 aromatic heterocycles. The minimum atomic E-state index is -0.150. The largest absolute Gasteiger partial charge is 0.466 e. The first-order chi connectivity index (χ1) is 8.70. The zero-order valence-corrected chi connectivity index (χ0v) is 11.0.